The Hall–Kier alpha value is -1.00. The molecule has 4 atom stereocenters. The highest BCUT2D eigenvalue weighted by Crippen LogP contribution is 2.37. The van der Waals surface area contributed by atoms with E-state index in [-0.39, 0.29) is 0 Å². The van der Waals surface area contributed by atoms with Crippen LogP contribution >= 0.6 is 7.82 Å². The average Bonchev–Trinajstić information content (AvgIpc) is 2.90. The van der Waals surface area contributed by atoms with Crippen LogP contribution in [0.3, 0.4) is 0 Å². The van der Waals surface area contributed by atoms with Gasteiger partial charge in [-0.05, 0) is 0 Å². The van der Waals surface area contributed by atoms with Gasteiger partial charge < -0.3 is 35.0 Å². The molecular formula is C8H14N3O7P. The molecule has 0 radical (unpaired) electrons. The van der Waals surface area contributed by atoms with Crippen molar-refractivity contribution in [1.82, 2.24) is 9.97 Å². The predicted molar refractivity (Wildman–Crippen MR) is 60.9 cm³/mol. The molecule has 0 amide bonds. The molecule has 1 saturated heterocycles. The minimum atomic E-state index is -4.65. The molecule has 0 bridgehead atoms. The summed E-state index contributed by atoms with van der Waals surface area (Å²) in [7, 11) is -4.65. The molecule has 1 unspecified atom stereocenters. The first kappa shape index (κ1) is 14.4. The fourth-order valence-electron chi connectivity index (χ4n) is 1.66. The third kappa shape index (κ3) is 3.74. The van der Waals surface area contributed by atoms with Crippen LogP contribution < -0.4 is 5.32 Å². The van der Waals surface area contributed by atoms with Gasteiger partial charge in [0.2, 0.25) is 0 Å². The Balaban J connectivity index is 1.92. The lowest BCUT2D eigenvalue weighted by Crippen LogP contribution is -2.36. The number of hydrogen-bond acceptors (Lipinski definition) is 7. The van der Waals surface area contributed by atoms with Crippen LogP contribution in [0.4, 0.5) is 5.82 Å². The summed E-state index contributed by atoms with van der Waals surface area (Å²) in [5.41, 5.74) is 0. The normalized spacial score (nSPS) is 31.6. The lowest BCUT2D eigenvalue weighted by molar-refractivity contribution is -0.0151. The van der Waals surface area contributed by atoms with Crippen molar-refractivity contribution in [3.63, 3.8) is 0 Å². The fraction of sp³-hybridized carbons (Fsp3) is 0.625. The first-order valence-electron chi connectivity index (χ1n) is 5.33. The molecule has 0 aliphatic carbocycles. The predicted octanol–water partition coefficient (Wildman–Crippen LogP) is -1.62. The second-order valence-electron chi connectivity index (χ2n) is 3.97. The summed E-state index contributed by atoms with van der Waals surface area (Å²) in [5, 5.41) is 22.1. The van der Waals surface area contributed by atoms with Crippen molar-refractivity contribution in [2.24, 2.45) is 0 Å². The zero-order chi connectivity index (χ0) is 14.0. The summed E-state index contributed by atoms with van der Waals surface area (Å²) in [4.78, 5) is 23.6. The van der Waals surface area contributed by atoms with E-state index >= 15 is 0 Å². The molecule has 19 heavy (non-hydrogen) atoms. The van der Waals surface area contributed by atoms with Gasteiger partial charge in [0.1, 0.15) is 24.1 Å². The molecule has 1 aromatic rings. The smallest absolute Gasteiger partial charge is 0.387 e. The Labute approximate surface area is 107 Å². The molecule has 2 rings (SSSR count). The van der Waals surface area contributed by atoms with E-state index in [0.717, 1.165) is 0 Å². The molecular weight excluding hydrogens is 281 g/mol. The van der Waals surface area contributed by atoms with Crippen molar-refractivity contribution in [1.29, 1.82) is 0 Å². The molecule has 6 N–H and O–H groups in total. The number of phosphoric ester groups is 1. The molecule has 10 nitrogen and oxygen atoms in total. The number of aromatic nitrogens is 2. The first-order valence-corrected chi connectivity index (χ1v) is 6.86. The zero-order valence-electron chi connectivity index (χ0n) is 9.58. The van der Waals surface area contributed by atoms with E-state index in [4.69, 9.17) is 14.5 Å². The van der Waals surface area contributed by atoms with Gasteiger partial charge in [-0.3, -0.25) is 4.52 Å². The van der Waals surface area contributed by atoms with Crippen molar-refractivity contribution >= 4 is 13.6 Å². The maximum atomic E-state index is 10.6. The van der Waals surface area contributed by atoms with Gasteiger partial charge in [-0.25, -0.2) is 9.55 Å². The highest BCUT2D eigenvalue weighted by atomic mass is 31.2. The van der Waals surface area contributed by atoms with Gasteiger partial charge in [-0.1, -0.05) is 0 Å². The first-order chi connectivity index (χ1) is 8.87. The number of anilines is 1. The lowest BCUT2D eigenvalue weighted by atomic mass is 10.1. The number of aliphatic hydroxyl groups is 2. The van der Waals surface area contributed by atoms with Crippen LogP contribution in [-0.2, 0) is 13.8 Å². The topological polar surface area (TPSA) is 157 Å². The molecule has 1 aliphatic rings. The van der Waals surface area contributed by atoms with Crippen molar-refractivity contribution in [2.45, 2.75) is 24.5 Å². The zero-order valence-corrected chi connectivity index (χ0v) is 10.5. The summed E-state index contributed by atoms with van der Waals surface area (Å²) in [6.07, 6.45) is -1.74. The summed E-state index contributed by atoms with van der Waals surface area (Å²) in [6, 6.07) is 0. The molecule has 11 heteroatoms. The summed E-state index contributed by atoms with van der Waals surface area (Å²) in [6.45, 7) is -0.538. The van der Waals surface area contributed by atoms with Gasteiger partial charge in [-0.15, -0.1) is 0 Å². The number of phosphoric acid groups is 1. The number of nitrogens with zero attached hydrogens (tertiary/aromatic N) is 1. The number of nitrogens with one attached hydrogen (secondary N) is 2. The SMILES string of the molecule is O=P(O)(O)OC[C@H]1OC(Nc2cnc[nH]2)[C@H](O)[C@@H]1O. The fourth-order valence-corrected chi connectivity index (χ4v) is 2.01. The van der Waals surface area contributed by atoms with Crippen LogP contribution in [0.1, 0.15) is 0 Å². The summed E-state index contributed by atoms with van der Waals surface area (Å²) < 4.78 is 20.0. The number of rotatable bonds is 5. The summed E-state index contributed by atoms with van der Waals surface area (Å²) in [5.74, 6) is 0.466. The molecule has 0 spiro atoms. The van der Waals surface area contributed by atoms with Gasteiger partial charge in [0.25, 0.3) is 0 Å². The van der Waals surface area contributed by atoms with Crippen LogP contribution in [0.5, 0.6) is 0 Å². The van der Waals surface area contributed by atoms with Gasteiger partial charge in [0.15, 0.2) is 6.23 Å². The van der Waals surface area contributed by atoms with Crippen LogP contribution in [0.2, 0.25) is 0 Å². The largest absolute Gasteiger partial charge is 0.469 e. The molecule has 0 aromatic carbocycles. The van der Waals surface area contributed by atoms with Gasteiger partial charge >= 0.3 is 7.82 Å². The van der Waals surface area contributed by atoms with Crippen LogP contribution in [0.15, 0.2) is 12.5 Å². The van der Waals surface area contributed by atoms with E-state index in [2.05, 4.69) is 19.8 Å². The van der Waals surface area contributed by atoms with E-state index in [1.807, 2.05) is 0 Å². The molecule has 1 fully saturated rings. The maximum absolute atomic E-state index is 10.6. The number of imidazole rings is 1. The number of ether oxygens (including phenoxy) is 1. The highest BCUT2D eigenvalue weighted by Gasteiger charge is 2.43. The maximum Gasteiger partial charge on any atom is 0.469 e. The average molecular weight is 295 g/mol. The van der Waals surface area contributed by atoms with E-state index in [9.17, 15) is 14.8 Å². The molecule has 2 heterocycles. The van der Waals surface area contributed by atoms with E-state index < -0.39 is 39.0 Å². The second-order valence-corrected chi connectivity index (χ2v) is 5.21. The highest BCUT2D eigenvalue weighted by molar-refractivity contribution is 7.46. The third-order valence-corrected chi connectivity index (χ3v) is 3.05. The molecule has 1 aliphatic heterocycles. The Morgan fingerprint density at radius 2 is 2.21 bits per heavy atom. The molecule has 1 aromatic heterocycles. The number of H-pyrrole nitrogens is 1. The molecule has 108 valence electrons. The van der Waals surface area contributed by atoms with Gasteiger partial charge in [-0.2, -0.15) is 0 Å². The van der Waals surface area contributed by atoms with E-state index in [1.54, 1.807) is 0 Å². The number of aliphatic hydroxyl groups excluding tert-OH is 2. The second kappa shape index (κ2) is 5.55. The minimum absolute atomic E-state index is 0.466. The van der Waals surface area contributed by atoms with Crippen molar-refractivity contribution < 1.29 is 33.8 Å². The Bertz CT molecular complexity index is 449. The minimum Gasteiger partial charge on any atom is -0.387 e. The monoisotopic (exact) mass is 295 g/mol. The van der Waals surface area contributed by atoms with Gasteiger partial charge in [0, 0.05) is 0 Å². The standard InChI is InChI=1S/C8H14N3O7P/c12-6-4(2-17-19(14,15)16)18-8(7(6)13)11-5-1-9-3-10-5/h1,3-4,6-8,11-13H,2H2,(H,9,10)(H2,14,15,16)/t4-,6-,7-,8?/m1/s1. The van der Waals surface area contributed by atoms with E-state index in [1.165, 1.54) is 12.5 Å². The Morgan fingerprint density at radius 1 is 1.47 bits per heavy atom. The van der Waals surface area contributed by atoms with Crippen LogP contribution in [0, 0.1) is 0 Å². The lowest BCUT2D eigenvalue weighted by Gasteiger charge is -2.16. The summed E-state index contributed by atoms with van der Waals surface area (Å²) >= 11 is 0. The van der Waals surface area contributed by atoms with Crippen LogP contribution in [-0.4, -0.2) is 61.1 Å². The number of hydrogen-bond donors (Lipinski definition) is 6. The van der Waals surface area contributed by atoms with Crippen molar-refractivity contribution in [2.75, 3.05) is 11.9 Å². The quantitative estimate of drug-likeness (QED) is 0.351. The van der Waals surface area contributed by atoms with Crippen molar-refractivity contribution in [3.05, 3.63) is 12.5 Å². The van der Waals surface area contributed by atoms with Crippen LogP contribution in [0.25, 0.3) is 0 Å². The Morgan fingerprint density at radius 3 is 2.79 bits per heavy atom. The number of aromatic amines is 1. The van der Waals surface area contributed by atoms with E-state index in [0.29, 0.717) is 5.82 Å². The molecule has 0 saturated carbocycles. The van der Waals surface area contributed by atoms with Crippen molar-refractivity contribution in [3.8, 4) is 0 Å². The third-order valence-electron chi connectivity index (χ3n) is 2.57. The van der Waals surface area contributed by atoms with Gasteiger partial charge in [0.05, 0.1) is 19.1 Å². The Kier molecular flexibility index (Phi) is 4.21.